The molecule has 9 heteroatoms. The SMILES string of the molecule is O=C(O)c1ccc(-c2coc(-c3ccc(=O)n(C#CCn4ccnc4)n3)n2)cc1. The van der Waals surface area contributed by atoms with E-state index in [1.165, 1.54) is 30.5 Å². The molecular weight excluding hydrogens is 374 g/mol. The monoisotopic (exact) mass is 387 g/mol. The average Bonchev–Trinajstić information content (AvgIpc) is 3.42. The molecule has 0 unspecified atom stereocenters. The molecule has 0 saturated carbocycles. The Morgan fingerprint density at radius 2 is 1.97 bits per heavy atom. The molecule has 3 aromatic heterocycles. The molecule has 29 heavy (non-hydrogen) atoms. The number of aromatic carboxylic acids is 1. The van der Waals surface area contributed by atoms with Crippen LogP contribution in [0.5, 0.6) is 0 Å². The number of carboxylic acid groups (broad SMARTS) is 1. The fraction of sp³-hybridized carbons (Fsp3) is 0.0500. The average molecular weight is 387 g/mol. The predicted molar refractivity (Wildman–Crippen MR) is 102 cm³/mol. The summed E-state index contributed by atoms with van der Waals surface area (Å²) in [6.45, 7) is 0.369. The molecule has 4 rings (SSSR count). The summed E-state index contributed by atoms with van der Waals surface area (Å²) in [6.07, 6.45) is 6.46. The van der Waals surface area contributed by atoms with Gasteiger partial charge in [0.05, 0.1) is 18.4 Å². The summed E-state index contributed by atoms with van der Waals surface area (Å²) in [5.41, 5.74) is 1.36. The first kappa shape index (κ1) is 17.9. The summed E-state index contributed by atoms with van der Waals surface area (Å²) >= 11 is 0. The molecule has 3 heterocycles. The van der Waals surface area contributed by atoms with Crippen molar-refractivity contribution in [2.75, 3.05) is 0 Å². The number of benzene rings is 1. The number of rotatable bonds is 4. The van der Waals surface area contributed by atoms with Gasteiger partial charge in [0.15, 0.2) is 0 Å². The number of nitrogens with zero attached hydrogens (tertiary/aromatic N) is 5. The van der Waals surface area contributed by atoms with Gasteiger partial charge in [0.1, 0.15) is 17.7 Å². The Kier molecular flexibility index (Phi) is 4.74. The maximum atomic E-state index is 12.0. The second kappa shape index (κ2) is 7.66. The normalized spacial score (nSPS) is 10.3. The summed E-state index contributed by atoms with van der Waals surface area (Å²) in [5.74, 6) is 2.06. The Morgan fingerprint density at radius 1 is 1.14 bits per heavy atom. The molecule has 0 aliphatic heterocycles. The zero-order valence-electron chi connectivity index (χ0n) is 14.9. The van der Waals surface area contributed by atoms with Crippen molar-refractivity contribution in [1.29, 1.82) is 0 Å². The largest absolute Gasteiger partial charge is 0.478 e. The fourth-order valence-corrected chi connectivity index (χ4v) is 2.49. The minimum absolute atomic E-state index is 0.181. The quantitative estimate of drug-likeness (QED) is 0.532. The number of oxazole rings is 1. The molecule has 0 aliphatic rings. The molecule has 9 nitrogen and oxygen atoms in total. The Morgan fingerprint density at radius 3 is 2.69 bits per heavy atom. The van der Waals surface area contributed by atoms with Crippen molar-refractivity contribution in [2.45, 2.75) is 6.54 Å². The molecule has 0 saturated heterocycles. The number of carboxylic acids is 1. The molecule has 0 amide bonds. The topological polar surface area (TPSA) is 116 Å². The fourth-order valence-electron chi connectivity index (χ4n) is 2.49. The van der Waals surface area contributed by atoms with Crippen LogP contribution in [0, 0.1) is 12.0 Å². The van der Waals surface area contributed by atoms with Crippen molar-refractivity contribution in [3.8, 4) is 34.8 Å². The zero-order valence-corrected chi connectivity index (χ0v) is 14.9. The number of hydrogen-bond acceptors (Lipinski definition) is 6. The van der Waals surface area contributed by atoms with E-state index in [0.717, 1.165) is 4.68 Å². The second-order valence-corrected chi connectivity index (χ2v) is 5.91. The molecule has 0 fully saturated rings. The molecule has 1 N–H and O–H groups in total. The van der Waals surface area contributed by atoms with Gasteiger partial charge in [-0.15, -0.1) is 0 Å². The Hall–Kier alpha value is -4.45. The van der Waals surface area contributed by atoms with Crippen molar-refractivity contribution in [3.05, 3.63) is 77.3 Å². The standard InChI is InChI=1S/C20H13N5O4/c26-18-7-6-16(23-25(18)10-1-9-24-11-8-21-13-24)19-22-17(12-29-19)14-2-4-15(5-3-14)20(27)28/h2-8,11-13H,9H2,(H,27,28). The number of hydrogen-bond donors (Lipinski definition) is 1. The third-order valence-corrected chi connectivity index (χ3v) is 3.96. The molecular formula is C20H13N5O4. The minimum Gasteiger partial charge on any atom is -0.478 e. The summed E-state index contributed by atoms with van der Waals surface area (Å²) in [7, 11) is 0. The molecule has 0 bridgehead atoms. The van der Waals surface area contributed by atoms with Gasteiger partial charge in [0.2, 0.25) is 5.89 Å². The highest BCUT2D eigenvalue weighted by molar-refractivity contribution is 5.88. The highest BCUT2D eigenvalue weighted by Crippen LogP contribution is 2.23. The number of imidazole rings is 1. The maximum Gasteiger partial charge on any atom is 0.335 e. The molecule has 1 aromatic carbocycles. The van der Waals surface area contributed by atoms with Crippen LogP contribution in [0.4, 0.5) is 0 Å². The molecule has 0 spiro atoms. The highest BCUT2D eigenvalue weighted by Gasteiger charge is 2.12. The van der Waals surface area contributed by atoms with E-state index in [0.29, 0.717) is 23.5 Å². The van der Waals surface area contributed by atoms with E-state index in [4.69, 9.17) is 9.52 Å². The van der Waals surface area contributed by atoms with E-state index in [1.54, 1.807) is 35.4 Å². The van der Waals surface area contributed by atoms with Crippen LogP contribution in [0.1, 0.15) is 10.4 Å². The lowest BCUT2D eigenvalue weighted by molar-refractivity contribution is 0.0697. The van der Waals surface area contributed by atoms with Gasteiger partial charge in [-0.2, -0.15) is 9.78 Å². The van der Waals surface area contributed by atoms with Gasteiger partial charge in [-0.3, -0.25) is 4.79 Å². The summed E-state index contributed by atoms with van der Waals surface area (Å²) in [6, 6.07) is 11.8. The van der Waals surface area contributed by atoms with Crippen LogP contribution < -0.4 is 5.56 Å². The second-order valence-electron chi connectivity index (χ2n) is 5.91. The Labute approximate surface area is 163 Å². The lowest BCUT2D eigenvalue weighted by Crippen LogP contribution is -2.18. The van der Waals surface area contributed by atoms with Gasteiger partial charge in [-0.1, -0.05) is 18.1 Å². The van der Waals surface area contributed by atoms with E-state index in [-0.39, 0.29) is 17.0 Å². The van der Waals surface area contributed by atoms with Gasteiger partial charge >= 0.3 is 5.97 Å². The van der Waals surface area contributed by atoms with Crippen molar-refractivity contribution in [2.24, 2.45) is 0 Å². The zero-order chi connectivity index (χ0) is 20.2. The van der Waals surface area contributed by atoms with Gasteiger partial charge in [-0.25, -0.2) is 14.8 Å². The molecule has 4 aromatic rings. The Bertz CT molecular complexity index is 1270. The number of carbonyl (C=O) groups is 1. The van der Waals surface area contributed by atoms with Crippen LogP contribution in [0.2, 0.25) is 0 Å². The summed E-state index contributed by atoms with van der Waals surface area (Å²) in [5, 5.41) is 13.2. The smallest absolute Gasteiger partial charge is 0.335 e. The van der Waals surface area contributed by atoms with Crippen LogP contribution in [0.3, 0.4) is 0 Å². The minimum atomic E-state index is -1.00. The first-order valence-electron chi connectivity index (χ1n) is 8.45. The van der Waals surface area contributed by atoms with Crippen LogP contribution in [0.25, 0.3) is 22.8 Å². The van der Waals surface area contributed by atoms with Crippen LogP contribution in [-0.4, -0.2) is 35.4 Å². The maximum absolute atomic E-state index is 12.0. The van der Waals surface area contributed by atoms with Crippen LogP contribution >= 0.6 is 0 Å². The van der Waals surface area contributed by atoms with E-state index in [2.05, 4.69) is 27.0 Å². The Balaban J connectivity index is 1.58. The van der Waals surface area contributed by atoms with Crippen molar-refractivity contribution in [3.63, 3.8) is 0 Å². The number of aromatic nitrogens is 5. The lowest BCUT2D eigenvalue weighted by atomic mass is 10.1. The predicted octanol–water partition coefficient (Wildman–Crippen LogP) is 1.97. The highest BCUT2D eigenvalue weighted by atomic mass is 16.4. The molecule has 0 aliphatic carbocycles. The molecule has 142 valence electrons. The third-order valence-electron chi connectivity index (χ3n) is 3.96. The first-order chi connectivity index (χ1) is 14.1. The molecule has 0 radical (unpaired) electrons. The van der Waals surface area contributed by atoms with Gasteiger partial charge in [0, 0.05) is 30.1 Å². The van der Waals surface area contributed by atoms with E-state index >= 15 is 0 Å². The molecule has 0 atom stereocenters. The lowest BCUT2D eigenvalue weighted by Gasteiger charge is -1.98. The van der Waals surface area contributed by atoms with Crippen molar-refractivity contribution in [1.82, 2.24) is 24.3 Å². The van der Waals surface area contributed by atoms with Crippen molar-refractivity contribution >= 4 is 5.97 Å². The third kappa shape index (κ3) is 3.96. The van der Waals surface area contributed by atoms with Crippen LogP contribution in [-0.2, 0) is 6.54 Å². The van der Waals surface area contributed by atoms with Gasteiger partial charge in [0.25, 0.3) is 5.56 Å². The summed E-state index contributed by atoms with van der Waals surface area (Å²) < 4.78 is 8.26. The van der Waals surface area contributed by atoms with Gasteiger partial charge in [-0.05, 0) is 18.2 Å². The van der Waals surface area contributed by atoms with Gasteiger partial charge < -0.3 is 14.1 Å². The van der Waals surface area contributed by atoms with Crippen molar-refractivity contribution < 1.29 is 14.3 Å². The van der Waals surface area contributed by atoms with Crippen LogP contribution in [0.15, 0.2) is 70.6 Å². The van der Waals surface area contributed by atoms with E-state index < -0.39 is 5.97 Å². The first-order valence-corrected chi connectivity index (χ1v) is 8.45. The van der Waals surface area contributed by atoms with E-state index in [9.17, 15) is 9.59 Å². The summed E-state index contributed by atoms with van der Waals surface area (Å²) in [4.78, 5) is 31.2. The van der Waals surface area contributed by atoms with E-state index in [1.807, 2.05) is 0 Å².